The molecule has 1 aliphatic rings. The number of fused-ring (bicyclic) bond motifs is 1. The smallest absolute Gasteiger partial charge is 0.223 e. The topological polar surface area (TPSA) is 83.1 Å². The minimum atomic E-state index is -2.99. The minimum absolute atomic E-state index is 0.0133. The number of sulfone groups is 1. The van der Waals surface area contributed by atoms with Gasteiger partial charge < -0.3 is 9.88 Å². The number of hydrogen-bond acceptors (Lipinski definition) is 4. The molecule has 1 amide bonds. The first kappa shape index (κ1) is 17.0. The number of aromatic nitrogens is 2. The van der Waals surface area contributed by atoms with Gasteiger partial charge in [0.25, 0.3) is 0 Å². The van der Waals surface area contributed by atoms with Gasteiger partial charge >= 0.3 is 0 Å². The summed E-state index contributed by atoms with van der Waals surface area (Å²) in [7, 11) is -2.99. The van der Waals surface area contributed by atoms with Gasteiger partial charge in [0.05, 0.1) is 22.5 Å². The number of hydrogen-bond donors (Lipinski definition) is 1. The van der Waals surface area contributed by atoms with Crippen molar-refractivity contribution in [3.8, 4) is 0 Å². The van der Waals surface area contributed by atoms with Crippen molar-refractivity contribution in [3.63, 3.8) is 0 Å². The Morgan fingerprint density at radius 1 is 1.38 bits per heavy atom. The monoisotopic (exact) mass is 349 g/mol. The fraction of sp³-hybridized carbons (Fsp3) is 0.529. The summed E-state index contributed by atoms with van der Waals surface area (Å²) in [5.74, 6) is 1.09. The van der Waals surface area contributed by atoms with E-state index < -0.39 is 9.84 Å². The summed E-state index contributed by atoms with van der Waals surface area (Å²) in [6, 6.07) is 7.60. The number of nitrogens with zero attached hydrogens (tertiary/aromatic N) is 2. The molecule has 1 saturated heterocycles. The molecule has 1 unspecified atom stereocenters. The van der Waals surface area contributed by atoms with Crippen molar-refractivity contribution < 1.29 is 13.2 Å². The largest absolute Gasteiger partial charge is 0.342 e. The van der Waals surface area contributed by atoms with Crippen molar-refractivity contribution in [3.05, 3.63) is 30.1 Å². The van der Waals surface area contributed by atoms with Crippen LogP contribution in [0.4, 0.5) is 0 Å². The molecule has 6 nitrogen and oxygen atoms in total. The molecule has 1 atom stereocenters. The van der Waals surface area contributed by atoms with Crippen LogP contribution in [0.25, 0.3) is 11.0 Å². The van der Waals surface area contributed by atoms with E-state index in [4.69, 9.17) is 0 Å². The summed E-state index contributed by atoms with van der Waals surface area (Å²) >= 11 is 0. The molecule has 0 radical (unpaired) electrons. The number of amides is 1. The third-order valence-electron chi connectivity index (χ3n) is 4.45. The maximum absolute atomic E-state index is 12.6. The Morgan fingerprint density at radius 3 is 2.83 bits per heavy atom. The average Bonchev–Trinajstić information content (AvgIpc) is 3.12. The highest BCUT2D eigenvalue weighted by Crippen LogP contribution is 2.20. The number of imidazole rings is 1. The zero-order valence-corrected chi connectivity index (χ0v) is 14.7. The van der Waals surface area contributed by atoms with Gasteiger partial charge in [-0.25, -0.2) is 13.4 Å². The van der Waals surface area contributed by atoms with E-state index in [2.05, 4.69) is 9.97 Å². The number of aromatic amines is 1. The number of rotatable bonds is 6. The first-order valence-electron chi connectivity index (χ1n) is 8.42. The zero-order chi connectivity index (χ0) is 17.2. The van der Waals surface area contributed by atoms with Gasteiger partial charge in [0.1, 0.15) is 5.82 Å². The third-order valence-corrected chi connectivity index (χ3v) is 6.20. The number of carbonyl (C=O) groups is 1. The molecule has 2 aromatic rings. The van der Waals surface area contributed by atoms with Crippen LogP contribution in [-0.2, 0) is 21.1 Å². The summed E-state index contributed by atoms with van der Waals surface area (Å²) in [5, 5.41) is 0. The Kier molecular flexibility index (Phi) is 4.89. The van der Waals surface area contributed by atoms with Crippen LogP contribution < -0.4 is 0 Å². The van der Waals surface area contributed by atoms with Crippen LogP contribution in [0.1, 0.15) is 32.0 Å². The fourth-order valence-electron chi connectivity index (χ4n) is 3.27. The summed E-state index contributed by atoms with van der Waals surface area (Å²) < 4.78 is 23.4. The molecule has 1 aromatic heterocycles. The fourth-order valence-corrected chi connectivity index (χ4v) is 5.00. The van der Waals surface area contributed by atoms with E-state index in [1.807, 2.05) is 31.2 Å². The molecule has 1 aromatic carbocycles. The molecule has 0 aliphatic carbocycles. The van der Waals surface area contributed by atoms with Gasteiger partial charge in [-0.2, -0.15) is 0 Å². The lowest BCUT2D eigenvalue weighted by Gasteiger charge is -2.28. The van der Waals surface area contributed by atoms with Crippen molar-refractivity contribution in [2.75, 3.05) is 18.1 Å². The van der Waals surface area contributed by atoms with Crippen LogP contribution in [0, 0.1) is 0 Å². The standard InChI is InChI=1S/C17H23N3O3S/c1-2-10-20(13-9-11-24(22,23)12-13)17(21)8-7-16-18-14-5-3-4-6-15(14)19-16/h3-6,13H,2,7-12H2,1H3,(H,18,19). The molecule has 0 bridgehead atoms. The Morgan fingerprint density at radius 2 is 2.17 bits per heavy atom. The normalized spacial score (nSPS) is 19.6. The van der Waals surface area contributed by atoms with E-state index in [9.17, 15) is 13.2 Å². The van der Waals surface area contributed by atoms with Crippen LogP contribution >= 0.6 is 0 Å². The van der Waals surface area contributed by atoms with Crippen molar-refractivity contribution in [2.24, 2.45) is 0 Å². The van der Waals surface area contributed by atoms with Gasteiger partial charge in [0.15, 0.2) is 9.84 Å². The third kappa shape index (κ3) is 3.77. The summed E-state index contributed by atoms with van der Waals surface area (Å²) in [6.45, 7) is 2.61. The van der Waals surface area contributed by atoms with Gasteiger partial charge in [-0.05, 0) is 25.0 Å². The van der Waals surface area contributed by atoms with Gasteiger partial charge in [0, 0.05) is 25.4 Å². The Labute approximate surface area is 142 Å². The number of carbonyl (C=O) groups excluding carboxylic acids is 1. The molecule has 7 heteroatoms. The predicted octanol–water partition coefficient (Wildman–Crippen LogP) is 1.92. The summed E-state index contributed by atoms with van der Waals surface area (Å²) in [4.78, 5) is 22.1. The SMILES string of the molecule is CCCN(C(=O)CCc1nc2ccccc2[nH]1)C1CCS(=O)(=O)C1. The summed E-state index contributed by atoms with van der Waals surface area (Å²) in [6.07, 6.45) is 2.26. The quantitative estimate of drug-likeness (QED) is 0.864. The number of nitrogens with one attached hydrogen (secondary N) is 1. The molecular formula is C17H23N3O3S. The van der Waals surface area contributed by atoms with Crippen LogP contribution in [0.5, 0.6) is 0 Å². The molecule has 24 heavy (non-hydrogen) atoms. The maximum atomic E-state index is 12.6. The van der Waals surface area contributed by atoms with E-state index in [1.165, 1.54) is 0 Å². The van der Waals surface area contributed by atoms with Crippen LogP contribution in [-0.4, -0.2) is 53.3 Å². The molecule has 1 N–H and O–H groups in total. The van der Waals surface area contributed by atoms with Crippen LogP contribution in [0.2, 0.25) is 0 Å². The van der Waals surface area contributed by atoms with Crippen LogP contribution in [0.3, 0.4) is 0 Å². The molecule has 0 spiro atoms. The van der Waals surface area contributed by atoms with E-state index >= 15 is 0 Å². The van der Waals surface area contributed by atoms with Crippen molar-refractivity contribution >= 4 is 26.8 Å². The lowest BCUT2D eigenvalue weighted by molar-refractivity contribution is -0.133. The minimum Gasteiger partial charge on any atom is -0.342 e. The predicted molar refractivity (Wildman–Crippen MR) is 93.5 cm³/mol. The van der Waals surface area contributed by atoms with Crippen molar-refractivity contribution in [1.82, 2.24) is 14.9 Å². The van der Waals surface area contributed by atoms with E-state index in [-0.39, 0.29) is 23.5 Å². The lowest BCUT2D eigenvalue weighted by atomic mass is 10.1. The molecule has 1 fully saturated rings. The molecule has 1 aliphatic heterocycles. The zero-order valence-electron chi connectivity index (χ0n) is 13.9. The van der Waals surface area contributed by atoms with Gasteiger partial charge in [0.2, 0.25) is 5.91 Å². The average molecular weight is 349 g/mol. The number of aryl methyl sites for hydroxylation is 1. The first-order chi connectivity index (χ1) is 11.5. The molecule has 3 rings (SSSR count). The highest BCUT2D eigenvalue weighted by atomic mass is 32.2. The van der Waals surface area contributed by atoms with E-state index in [0.29, 0.717) is 25.8 Å². The molecular weight excluding hydrogens is 326 g/mol. The van der Waals surface area contributed by atoms with E-state index in [1.54, 1.807) is 4.90 Å². The summed E-state index contributed by atoms with van der Waals surface area (Å²) in [5.41, 5.74) is 1.86. The molecule has 130 valence electrons. The van der Waals surface area contributed by atoms with Crippen molar-refractivity contribution in [2.45, 2.75) is 38.6 Å². The second-order valence-electron chi connectivity index (χ2n) is 6.34. The van der Waals surface area contributed by atoms with Gasteiger partial charge in [-0.15, -0.1) is 0 Å². The lowest BCUT2D eigenvalue weighted by Crippen LogP contribution is -2.41. The second kappa shape index (κ2) is 6.93. The number of para-hydroxylation sites is 2. The Bertz CT molecular complexity index is 795. The number of H-pyrrole nitrogens is 1. The van der Waals surface area contributed by atoms with Crippen LogP contribution in [0.15, 0.2) is 24.3 Å². The van der Waals surface area contributed by atoms with Gasteiger partial charge in [-0.1, -0.05) is 19.1 Å². The highest BCUT2D eigenvalue weighted by molar-refractivity contribution is 7.91. The maximum Gasteiger partial charge on any atom is 0.223 e. The molecule has 2 heterocycles. The van der Waals surface area contributed by atoms with Crippen molar-refractivity contribution in [1.29, 1.82) is 0 Å². The molecule has 0 saturated carbocycles. The Hall–Kier alpha value is -1.89. The number of benzene rings is 1. The second-order valence-corrected chi connectivity index (χ2v) is 8.57. The first-order valence-corrected chi connectivity index (χ1v) is 10.2. The van der Waals surface area contributed by atoms with E-state index in [0.717, 1.165) is 23.3 Å². The Balaban J connectivity index is 1.65. The van der Waals surface area contributed by atoms with Gasteiger partial charge in [-0.3, -0.25) is 4.79 Å². The highest BCUT2D eigenvalue weighted by Gasteiger charge is 2.34.